The predicted molar refractivity (Wildman–Crippen MR) is 145 cm³/mol. The van der Waals surface area contributed by atoms with E-state index in [4.69, 9.17) is 21.1 Å². The molecule has 2 saturated heterocycles. The van der Waals surface area contributed by atoms with Gasteiger partial charge in [-0.25, -0.2) is 0 Å². The Labute approximate surface area is 225 Å². The Morgan fingerprint density at radius 2 is 1.84 bits per heavy atom. The lowest BCUT2D eigenvalue weighted by Gasteiger charge is -2.43. The lowest BCUT2D eigenvalue weighted by atomic mass is 9.96. The number of rotatable bonds is 9. The summed E-state index contributed by atoms with van der Waals surface area (Å²) in [5.74, 6) is 0.693. The van der Waals surface area contributed by atoms with Crippen LogP contribution in [0.1, 0.15) is 36.8 Å². The molecule has 0 saturated carbocycles. The van der Waals surface area contributed by atoms with E-state index >= 15 is 0 Å². The van der Waals surface area contributed by atoms with Crippen molar-refractivity contribution in [2.45, 2.75) is 44.8 Å². The van der Waals surface area contributed by atoms with Crippen molar-refractivity contribution < 1.29 is 19.1 Å². The lowest BCUT2D eigenvalue weighted by Crippen LogP contribution is -2.59. The van der Waals surface area contributed by atoms with Gasteiger partial charge in [-0.15, -0.1) is 0 Å². The predicted octanol–water partition coefficient (Wildman–Crippen LogP) is 4.16. The van der Waals surface area contributed by atoms with E-state index in [1.807, 2.05) is 54.3 Å². The molecule has 1 atom stereocenters. The fourth-order valence-electron chi connectivity index (χ4n) is 4.99. The van der Waals surface area contributed by atoms with Crippen molar-refractivity contribution in [2.75, 3.05) is 53.0 Å². The van der Waals surface area contributed by atoms with E-state index in [-0.39, 0.29) is 24.8 Å². The summed E-state index contributed by atoms with van der Waals surface area (Å²) in [6, 6.07) is 15.4. The number of nitrogens with zero attached hydrogens (tertiary/aromatic N) is 3. The fourth-order valence-corrected chi connectivity index (χ4v) is 5.11. The summed E-state index contributed by atoms with van der Waals surface area (Å²) >= 11 is 6.18. The van der Waals surface area contributed by atoms with Crippen molar-refractivity contribution in [3.63, 3.8) is 0 Å². The van der Waals surface area contributed by atoms with Crippen LogP contribution in [0.5, 0.6) is 5.75 Å². The first kappa shape index (κ1) is 27.4. The van der Waals surface area contributed by atoms with Gasteiger partial charge in [-0.3, -0.25) is 14.5 Å². The number of hydrogen-bond acceptors (Lipinski definition) is 5. The SMILES string of the molecule is Cc1cc(OC[C@]2(CC(=O)N(C)Cc3ccccc3)CN(C(=O)CN3CCCCC3)CCO2)ccc1Cl. The number of carbonyl (C=O) groups is 2. The Morgan fingerprint density at radius 1 is 1.08 bits per heavy atom. The molecular formula is C29H38ClN3O4. The van der Waals surface area contributed by atoms with Crippen LogP contribution in [-0.4, -0.2) is 85.1 Å². The summed E-state index contributed by atoms with van der Waals surface area (Å²) in [4.78, 5) is 32.4. The lowest BCUT2D eigenvalue weighted by molar-refractivity contribution is -0.166. The molecule has 0 aromatic heterocycles. The second kappa shape index (κ2) is 12.8. The van der Waals surface area contributed by atoms with Gasteiger partial charge in [0.15, 0.2) is 0 Å². The number of amides is 2. The van der Waals surface area contributed by atoms with Crippen LogP contribution in [0.3, 0.4) is 0 Å². The average Bonchev–Trinajstić information content (AvgIpc) is 2.90. The van der Waals surface area contributed by atoms with Crippen molar-refractivity contribution in [1.29, 1.82) is 0 Å². The van der Waals surface area contributed by atoms with Crippen LogP contribution in [0, 0.1) is 6.92 Å². The second-order valence-electron chi connectivity index (χ2n) is 10.3. The van der Waals surface area contributed by atoms with Gasteiger partial charge in [-0.05, 0) is 62.2 Å². The number of hydrogen-bond donors (Lipinski definition) is 0. The van der Waals surface area contributed by atoms with Gasteiger partial charge in [-0.1, -0.05) is 48.4 Å². The van der Waals surface area contributed by atoms with Gasteiger partial charge in [0, 0.05) is 25.2 Å². The number of ether oxygens (including phenoxy) is 2. The first-order valence-electron chi connectivity index (χ1n) is 13.1. The highest BCUT2D eigenvalue weighted by Crippen LogP contribution is 2.27. The number of aryl methyl sites for hydroxylation is 1. The third kappa shape index (κ3) is 7.69. The molecular weight excluding hydrogens is 490 g/mol. The van der Waals surface area contributed by atoms with Crippen LogP contribution in [-0.2, 0) is 20.9 Å². The van der Waals surface area contributed by atoms with Crippen LogP contribution in [0.15, 0.2) is 48.5 Å². The first-order chi connectivity index (χ1) is 17.8. The zero-order chi connectivity index (χ0) is 26.3. The van der Waals surface area contributed by atoms with Crippen LogP contribution in [0.4, 0.5) is 0 Å². The Morgan fingerprint density at radius 3 is 2.57 bits per heavy atom. The molecule has 0 bridgehead atoms. The zero-order valence-electron chi connectivity index (χ0n) is 22.0. The average molecular weight is 528 g/mol. The molecule has 2 aromatic rings. The van der Waals surface area contributed by atoms with Gasteiger partial charge in [-0.2, -0.15) is 0 Å². The largest absolute Gasteiger partial charge is 0.490 e. The standard InChI is InChI=1S/C29H38ClN3O4/c1-23-17-25(11-12-26(23)30)36-22-29(18-27(34)31(2)19-24-9-5-3-6-10-24)21-33(15-16-37-29)28(35)20-32-13-7-4-8-14-32/h3,5-6,9-12,17H,4,7-8,13-16,18-22H2,1-2H3/t29-/m0/s1. The summed E-state index contributed by atoms with van der Waals surface area (Å²) < 4.78 is 12.4. The first-order valence-corrected chi connectivity index (χ1v) is 13.5. The molecule has 2 amide bonds. The molecule has 0 unspecified atom stereocenters. The Bertz CT molecular complexity index is 1060. The van der Waals surface area contributed by atoms with E-state index in [0.29, 0.717) is 43.6 Å². The quantitative estimate of drug-likeness (QED) is 0.490. The number of carbonyl (C=O) groups excluding carboxylic acids is 2. The monoisotopic (exact) mass is 527 g/mol. The summed E-state index contributed by atoms with van der Waals surface area (Å²) in [6.07, 6.45) is 3.62. The summed E-state index contributed by atoms with van der Waals surface area (Å²) in [5, 5.41) is 0.670. The number of likely N-dealkylation sites (tertiary alicyclic amines) is 1. The van der Waals surface area contributed by atoms with Crippen LogP contribution >= 0.6 is 11.6 Å². The fraction of sp³-hybridized carbons (Fsp3) is 0.517. The van der Waals surface area contributed by atoms with Crippen molar-refractivity contribution in [3.8, 4) is 5.75 Å². The molecule has 37 heavy (non-hydrogen) atoms. The molecule has 2 aliphatic rings. The Hall–Kier alpha value is -2.61. The third-order valence-electron chi connectivity index (χ3n) is 7.20. The molecule has 0 N–H and O–H groups in total. The number of piperidine rings is 1. The maximum atomic E-state index is 13.4. The van der Waals surface area contributed by atoms with Gasteiger partial charge < -0.3 is 19.3 Å². The highest BCUT2D eigenvalue weighted by atomic mass is 35.5. The number of benzene rings is 2. The van der Waals surface area contributed by atoms with E-state index in [9.17, 15) is 9.59 Å². The van der Waals surface area contributed by atoms with Gasteiger partial charge in [0.1, 0.15) is 18.0 Å². The van der Waals surface area contributed by atoms with E-state index in [2.05, 4.69) is 4.90 Å². The van der Waals surface area contributed by atoms with Crippen molar-refractivity contribution >= 4 is 23.4 Å². The van der Waals surface area contributed by atoms with Gasteiger partial charge in [0.05, 0.1) is 26.1 Å². The summed E-state index contributed by atoms with van der Waals surface area (Å²) in [5.41, 5.74) is 1.03. The minimum absolute atomic E-state index is 0.0509. The minimum atomic E-state index is -0.939. The van der Waals surface area contributed by atoms with Crippen LogP contribution < -0.4 is 4.74 Å². The number of halogens is 1. The maximum absolute atomic E-state index is 13.4. The van der Waals surface area contributed by atoms with Gasteiger partial charge in [0.2, 0.25) is 11.8 Å². The molecule has 2 heterocycles. The van der Waals surface area contributed by atoms with E-state index in [1.165, 1.54) is 6.42 Å². The van der Waals surface area contributed by atoms with Crippen molar-refractivity contribution in [3.05, 3.63) is 64.7 Å². The van der Waals surface area contributed by atoms with Gasteiger partial charge >= 0.3 is 0 Å². The normalized spacial score (nSPS) is 20.5. The van der Waals surface area contributed by atoms with Gasteiger partial charge in [0.25, 0.3) is 0 Å². The second-order valence-corrected chi connectivity index (χ2v) is 10.7. The highest BCUT2D eigenvalue weighted by molar-refractivity contribution is 6.31. The maximum Gasteiger partial charge on any atom is 0.236 e. The van der Waals surface area contributed by atoms with Crippen LogP contribution in [0.25, 0.3) is 0 Å². The minimum Gasteiger partial charge on any atom is -0.490 e. The molecule has 2 fully saturated rings. The molecule has 200 valence electrons. The smallest absolute Gasteiger partial charge is 0.236 e. The van der Waals surface area contributed by atoms with E-state index < -0.39 is 5.60 Å². The van der Waals surface area contributed by atoms with E-state index in [1.54, 1.807) is 18.0 Å². The number of morpholine rings is 1. The molecule has 0 aliphatic carbocycles. The molecule has 2 aliphatic heterocycles. The van der Waals surface area contributed by atoms with Crippen LogP contribution in [0.2, 0.25) is 5.02 Å². The molecule has 8 heteroatoms. The summed E-state index contributed by atoms with van der Waals surface area (Å²) in [7, 11) is 1.80. The van der Waals surface area contributed by atoms with Crippen molar-refractivity contribution in [2.24, 2.45) is 0 Å². The molecule has 0 radical (unpaired) electrons. The van der Waals surface area contributed by atoms with E-state index in [0.717, 1.165) is 37.1 Å². The topological polar surface area (TPSA) is 62.3 Å². The zero-order valence-corrected chi connectivity index (χ0v) is 22.7. The van der Waals surface area contributed by atoms with Crippen molar-refractivity contribution in [1.82, 2.24) is 14.7 Å². The third-order valence-corrected chi connectivity index (χ3v) is 7.63. The molecule has 0 spiro atoms. The highest BCUT2D eigenvalue weighted by Gasteiger charge is 2.42. The molecule has 2 aromatic carbocycles. The molecule has 7 nitrogen and oxygen atoms in total. The summed E-state index contributed by atoms with van der Waals surface area (Å²) in [6.45, 7) is 6.12. The molecule has 4 rings (SSSR count). The Balaban J connectivity index is 1.47. The Kier molecular flexibility index (Phi) is 9.46.